The third-order valence-corrected chi connectivity index (χ3v) is 3.81. The van der Waals surface area contributed by atoms with Crippen LogP contribution in [0.3, 0.4) is 0 Å². The van der Waals surface area contributed by atoms with E-state index in [1.807, 2.05) is 13.8 Å². The van der Waals surface area contributed by atoms with Crippen molar-refractivity contribution in [3.8, 4) is 5.75 Å². The van der Waals surface area contributed by atoms with Crippen molar-refractivity contribution in [1.82, 2.24) is 9.36 Å². The molecule has 0 aromatic carbocycles. The van der Waals surface area contributed by atoms with Crippen LogP contribution in [0.5, 0.6) is 5.75 Å². The summed E-state index contributed by atoms with van der Waals surface area (Å²) in [6, 6.07) is 0. The first-order valence-corrected chi connectivity index (χ1v) is 6.96. The fourth-order valence-electron chi connectivity index (χ4n) is 1.86. The minimum atomic E-state index is -0.581. The Bertz CT molecular complexity index is 622. The minimum absolute atomic E-state index is 0.0234. The van der Waals surface area contributed by atoms with Crippen molar-refractivity contribution < 1.29 is 14.6 Å². The van der Waals surface area contributed by atoms with Crippen LogP contribution in [0.15, 0.2) is 0 Å². The molecule has 0 unspecified atom stereocenters. The Morgan fingerprint density at radius 3 is 2.79 bits per heavy atom. The maximum atomic E-state index is 11.9. The van der Waals surface area contributed by atoms with Crippen molar-refractivity contribution in [2.45, 2.75) is 33.6 Å². The number of carbonyl (C=O) groups excluding carboxylic acids is 1. The van der Waals surface area contributed by atoms with Crippen molar-refractivity contribution in [2.24, 2.45) is 0 Å². The molecule has 0 aliphatic heterocycles. The van der Waals surface area contributed by atoms with Crippen LogP contribution in [0.25, 0.3) is 10.1 Å². The molecule has 2 aromatic rings. The van der Waals surface area contributed by atoms with E-state index in [-0.39, 0.29) is 11.4 Å². The van der Waals surface area contributed by atoms with Crippen LogP contribution >= 0.6 is 11.5 Å². The van der Waals surface area contributed by atoms with Gasteiger partial charge in [-0.3, -0.25) is 0 Å². The topological polar surface area (TPSA) is 72.3 Å². The second-order valence-electron chi connectivity index (χ2n) is 4.36. The Hall–Kier alpha value is -1.69. The Morgan fingerprint density at radius 1 is 1.37 bits per heavy atom. The monoisotopic (exact) mass is 280 g/mol. The second kappa shape index (κ2) is 5.52. The molecule has 0 spiro atoms. The first-order valence-electron chi connectivity index (χ1n) is 6.19. The normalized spacial score (nSPS) is 10.9. The van der Waals surface area contributed by atoms with Crippen molar-refractivity contribution >= 4 is 27.6 Å². The summed E-state index contributed by atoms with van der Waals surface area (Å²) in [6.45, 7) is 6.01. The predicted octanol–water partition coefficient (Wildman–Crippen LogP) is 2.97. The van der Waals surface area contributed by atoms with E-state index in [1.54, 1.807) is 6.92 Å². The number of rotatable bonds is 4. The van der Waals surface area contributed by atoms with Gasteiger partial charge in [0.1, 0.15) is 4.70 Å². The lowest BCUT2D eigenvalue weighted by Crippen LogP contribution is -2.09. The van der Waals surface area contributed by atoms with Crippen molar-refractivity contribution in [2.75, 3.05) is 6.61 Å². The molecule has 0 aliphatic rings. The first-order chi connectivity index (χ1) is 9.06. The van der Waals surface area contributed by atoms with Crippen LogP contribution in [0.4, 0.5) is 0 Å². The van der Waals surface area contributed by atoms with Gasteiger partial charge in [0, 0.05) is 11.1 Å². The average molecular weight is 280 g/mol. The summed E-state index contributed by atoms with van der Waals surface area (Å²) in [5.41, 5.74) is 1.47. The Labute approximate surface area is 115 Å². The molecule has 0 aliphatic carbocycles. The molecule has 5 nitrogen and oxygen atoms in total. The highest BCUT2D eigenvalue weighted by Crippen LogP contribution is 2.34. The number of fused-ring (bicyclic) bond motifs is 1. The largest absolute Gasteiger partial charge is 0.504 e. The molecular formula is C13H16N2O3S. The number of unbranched alkanes of at least 4 members (excludes halogenated alkanes) is 1. The quantitative estimate of drug-likeness (QED) is 0.688. The number of hydrogen-bond acceptors (Lipinski definition) is 6. The summed E-state index contributed by atoms with van der Waals surface area (Å²) in [7, 11) is 0. The minimum Gasteiger partial charge on any atom is -0.504 e. The molecular weight excluding hydrogens is 264 g/mol. The van der Waals surface area contributed by atoms with E-state index in [9.17, 15) is 9.90 Å². The fourth-order valence-corrected chi connectivity index (χ4v) is 2.75. The molecule has 0 atom stereocenters. The van der Waals surface area contributed by atoms with Gasteiger partial charge in [-0.05, 0) is 31.8 Å². The highest BCUT2D eigenvalue weighted by molar-refractivity contribution is 7.13. The zero-order chi connectivity index (χ0) is 14.0. The first kappa shape index (κ1) is 13.7. The third kappa shape index (κ3) is 2.53. The maximum absolute atomic E-state index is 11.9. The molecule has 1 N–H and O–H groups in total. The van der Waals surface area contributed by atoms with Gasteiger partial charge in [0.15, 0.2) is 11.4 Å². The molecule has 0 fully saturated rings. The molecule has 2 rings (SSSR count). The second-order valence-corrected chi connectivity index (χ2v) is 5.13. The van der Waals surface area contributed by atoms with E-state index in [0.717, 1.165) is 23.9 Å². The van der Waals surface area contributed by atoms with Gasteiger partial charge in [0.2, 0.25) is 0 Å². The summed E-state index contributed by atoms with van der Waals surface area (Å²) >= 11 is 1.17. The van der Waals surface area contributed by atoms with Gasteiger partial charge >= 0.3 is 5.97 Å². The molecule has 0 amide bonds. The number of aromatic hydroxyl groups is 1. The van der Waals surface area contributed by atoms with Gasteiger partial charge in [-0.25, -0.2) is 9.78 Å². The van der Waals surface area contributed by atoms with E-state index >= 15 is 0 Å². The van der Waals surface area contributed by atoms with E-state index in [4.69, 9.17) is 4.74 Å². The molecule has 0 saturated heterocycles. The fraction of sp³-hybridized carbons (Fsp3) is 0.462. The lowest BCUT2D eigenvalue weighted by molar-refractivity contribution is 0.0489. The smallest absolute Gasteiger partial charge is 0.360 e. The number of aryl methyl sites for hydroxylation is 2. The summed E-state index contributed by atoms with van der Waals surface area (Å²) < 4.78 is 9.86. The van der Waals surface area contributed by atoms with E-state index in [2.05, 4.69) is 9.36 Å². The van der Waals surface area contributed by atoms with Crippen LogP contribution in [0.2, 0.25) is 0 Å². The summed E-state index contributed by atoms with van der Waals surface area (Å²) in [5, 5.41) is 10.9. The summed E-state index contributed by atoms with van der Waals surface area (Å²) in [5.74, 6) is -0.713. The molecule has 0 saturated carbocycles. The van der Waals surface area contributed by atoms with Crippen LogP contribution in [0, 0.1) is 13.8 Å². The van der Waals surface area contributed by atoms with Gasteiger partial charge in [-0.2, -0.15) is 4.37 Å². The van der Waals surface area contributed by atoms with Crippen molar-refractivity contribution in [3.63, 3.8) is 0 Å². The average Bonchev–Trinajstić information content (AvgIpc) is 2.77. The molecule has 6 heteroatoms. The van der Waals surface area contributed by atoms with Crippen LogP contribution in [-0.4, -0.2) is 27.0 Å². The predicted molar refractivity (Wildman–Crippen MR) is 73.7 cm³/mol. The van der Waals surface area contributed by atoms with Crippen LogP contribution in [0.1, 0.15) is 41.6 Å². The Kier molecular flexibility index (Phi) is 3.99. The van der Waals surface area contributed by atoms with E-state index in [1.165, 1.54) is 11.5 Å². The van der Waals surface area contributed by atoms with Crippen molar-refractivity contribution in [3.05, 3.63) is 17.1 Å². The molecule has 0 radical (unpaired) electrons. The highest BCUT2D eigenvalue weighted by Gasteiger charge is 2.21. The lowest BCUT2D eigenvalue weighted by atomic mass is 10.2. The molecule has 102 valence electrons. The number of ether oxygens (including phenoxy) is 1. The summed E-state index contributed by atoms with van der Waals surface area (Å²) in [4.78, 5) is 16.0. The molecule has 2 aromatic heterocycles. The Balaban J connectivity index is 2.39. The van der Waals surface area contributed by atoms with Crippen molar-refractivity contribution in [1.29, 1.82) is 0 Å². The van der Waals surface area contributed by atoms with Gasteiger partial charge < -0.3 is 9.84 Å². The maximum Gasteiger partial charge on any atom is 0.360 e. The van der Waals surface area contributed by atoms with Crippen LogP contribution in [-0.2, 0) is 4.74 Å². The van der Waals surface area contributed by atoms with E-state index < -0.39 is 5.97 Å². The van der Waals surface area contributed by atoms with Gasteiger partial charge in [-0.15, -0.1) is 0 Å². The number of nitrogens with zero attached hydrogens (tertiary/aromatic N) is 2. The number of hydrogen-bond donors (Lipinski definition) is 1. The highest BCUT2D eigenvalue weighted by atomic mass is 32.1. The molecule has 0 bridgehead atoms. The SMILES string of the molecule is CCCCOC(=O)c1nc(C)c2c(C)nsc2c1O. The standard InChI is InChI=1S/C13H16N2O3S/c1-4-5-6-18-13(17)10-11(16)12-9(7(2)14-10)8(3)15-19-12/h16H,4-6H2,1-3H3. The number of carbonyl (C=O) groups is 1. The zero-order valence-corrected chi connectivity index (χ0v) is 12.0. The Morgan fingerprint density at radius 2 is 2.11 bits per heavy atom. The molecule has 19 heavy (non-hydrogen) atoms. The molecule has 2 heterocycles. The van der Waals surface area contributed by atoms with E-state index in [0.29, 0.717) is 17.0 Å². The number of aromatic nitrogens is 2. The summed E-state index contributed by atoms with van der Waals surface area (Å²) in [6.07, 6.45) is 1.74. The van der Waals surface area contributed by atoms with Crippen LogP contribution < -0.4 is 0 Å². The van der Waals surface area contributed by atoms with Gasteiger partial charge in [-0.1, -0.05) is 13.3 Å². The third-order valence-electron chi connectivity index (χ3n) is 2.87. The van der Waals surface area contributed by atoms with Gasteiger partial charge in [0.25, 0.3) is 0 Å². The zero-order valence-electron chi connectivity index (χ0n) is 11.2. The van der Waals surface area contributed by atoms with Gasteiger partial charge in [0.05, 0.1) is 12.3 Å². The lowest BCUT2D eigenvalue weighted by Gasteiger charge is -2.07. The number of esters is 1. The number of pyridine rings is 1.